The van der Waals surface area contributed by atoms with E-state index in [1.165, 1.54) is 11.1 Å². The van der Waals surface area contributed by atoms with Crippen LogP contribution in [0.1, 0.15) is 49.2 Å². The first-order chi connectivity index (χ1) is 9.38. The van der Waals surface area contributed by atoms with E-state index in [0.717, 1.165) is 31.6 Å². The summed E-state index contributed by atoms with van der Waals surface area (Å²) in [6.45, 7) is 11.4. The van der Waals surface area contributed by atoms with Gasteiger partial charge in [0.25, 0.3) is 5.91 Å². The minimum absolute atomic E-state index is 0.0365. The highest BCUT2D eigenvalue weighted by molar-refractivity contribution is 5.94. The zero-order valence-corrected chi connectivity index (χ0v) is 13.0. The normalized spacial score (nSPS) is 16.4. The lowest BCUT2D eigenvalue weighted by molar-refractivity contribution is 0.0937. The fourth-order valence-corrected chi connectivity index (χ4v) is 2.28. The number of rotatable bonds is 3. The Labute approximate surface area is 122 Å². The molecule has 0 bridgehead atoms. The fraction of sp³-hybridized carbons (Fsp3) is 0.588. The van der Waals surface area contributed by atoms with Crippen molar-refractivity contribution in [3.8, 4) is 0 Å². The van der Waals surface area contributed by atoms with Crippen LogP contribution in [0.5, 0.6) is 0 Å². The molecule has 0 radical (unpaired) electrons. The number of nitrogens with one attached hydrogen (secondary N) is 2. The molecule has 0 saturated heterocycles. The molecule has 110 valence electrons. The third kappa shape index (κ3) is 3.60. The molecule has 20 heavy (non-hydrogen) atoms. The molecular formula is C17H26N2O. The summed E-state index contributed by atoms with van der Waals surface area (Å²) < 4.78 is 0. The Morgan fingerprint density at radius 1 is 1.35 bits per heavy atom. The molecule has 2 N–H and O–H groups in total. The maximum absolute atomic E-state index is 12.2. The van der Waals surface area contributed by atoms with E-state index in [9.17, 15) is 4.79 Å². The van der Waals surface area contributed by atoms with E-state index in [0.29, 0.717) is 5.92 Å². The van der Waals surface area contributed by atoms with E-state index in [1.54, 1.807) is 0 Å². The summed E-state index contributed by atoms with van der Waals surface area (Å²) in [6, 6.07) is 6.07. The van der Waals surface area contributed by atoms with Gasteiger partial charge in [-0.05, 0) is 47.6 Å². The first-order valence-electron chi connectivity index (χ1n) is 7.48. The number of fused-ring (bicyclic) bond motifs is 1. The highest BCUT2D eigenvalue weighted by Gasteiger charge is 2.20. The molecule has 0 fully saturated rings. The second-order valence-electron chi connectivity index (χ2n) is 6.89. The van der Waals surface area contributed by atoms with Gasteiger partial charge in [-0.15, -0.1) is 0 Å². The van der Waals surface area contributed by atoms with Crippen LogP contribution in [0.25, 0.3) is 0 Å². The molecule has 3 heteroatoms. The van der Waals surface area contributed by atoms with Gasteiger partial charge in [0.2, 0.25) is 0 Å². The number of hydrogen-bond acceptors (Lipinski definition) is 2. The molecule has 1 atom stereocenters. The maximum atomic E-state index is 12.2. The lowest BCUT2D eigenvalue weighted by Gasteiger charge is -2.27. The van der Waals surface area contributed by atoms with E-state index in [-0.39, 0.29) is 11.3 Å². The number of hydrogen-bond donors (Lipinski definition) is 2. The van der Waals surface area contributed by atoms with Crippen LogP contribution >= 0.6 is 0 Å². The smallest absolute Gasteiger partial charge is 0.251 e. The molecule has 1 heterocycles. The average molecular weight is 274 g/mol. The standard InChI is InChI=1S/C17H26N2O/c1-12(17(2,3)4)10-19-16(20)14-6-5-13-7-8-18-11-15(13)9-14/h5-6,9,12,18H,7-8,10-11H2,1-4H3,(H,19,20). The van der Waals surface area contributed by atoms with Gasteiger partial charge in [-0.1, -0.05) is 33.8 Å². The van der Waals surface area contributed by atoms with Crippen molar-refractivity contribution in [1.82, 2.24) is 10.6 Å². The predicted molar refractivity (Wildman–Crippen MR) is 82.8 cm³/mol. The summed E-state index contributed by atoms with van der Waals surface area (Å²) in [6.07, 6.45) is 1.05. The molecule has 0 aromatic heterocycles. The van der Waals surface area contributed by atoms with Crippen molar-refractivity contribution in [2.75, 3.05) is 13.1 Å². The van der Waals surface area contributed by atoms with Crippen molar-refractivity contribution in [3.63, 3.8) is 0 Å². The quantitative estimate of drug-likeness (QED) is 0.890. The molecule has 0 aliphatic carbocycles. The molecule has 3 nitrogen and oxygen atoms in total. The summed E-state index contributed by atoms with van der Waals surface area (Å²) >= 11 is 0. The SMILES string of the molecule is CC(CNC(=O)c1ccc2c(c1)CNCC2)C(C)(C)C. The topological polar surface area (TPSA) is 41.1 Å². The van der Waals surface area contributed by atoms with Crippen molar-refractivity contribution in [1.29, 1.82) is 0 Å². The summed E-state index contributed by atoms with van der Waals surface area (Å²) in [4.78, 5) is 12.2. The third-order valence-corrected chi connectivity index (χ3v) is 4.40. The van der Waals surface area contributed by atoms with Crippen LogP contribution in [0.15, 0.2) is 18.2 Å². The minimum atomic E-state index is 0.0365. The maximum Gasteiger partial charge on any atom is 0.251 e. The van der Waals surface area contributed by atoms with Gasteiger partial charge >= 0.3 is 0 Å². The molecule has 1 aromatic rings. The Morgan fingerprint density at radius 3 is 2.80 bits per heavy atom. The van der Waals surface area contributed by atoms with Crippen LogP contribution in [0, 0.1) is 11.3 Å². The van der Waals surface area contributed by atoms with E-state index >= 15 is 0 Å². The van der Waals surface area contributed by atoms with Gasteiger partial charge in [-0.2, -0.15) is 0 Å². The first kappa shape index (κ1) is 15.0. The molecule has 2 rings (SSSR count). The molecular weight excluding hydrogens is 248 g/mol. The first-order valence-corrected chi connectivity index (χ1v) is 7.48. The van der Waals surface area contributed by atoms with Crippen LogP contribution in [0.2, 0.25) is 0 Å². The summed E-state index contributed by atoms with van der Waals surface area (Å²) in [5.74, 6) is 0.486. The van der Waals surface area contributed by atoms with E-state index in [4.69, 9.17) is 0 Å². The van der Waals surface area contributed by atoms with E-state index in [2.05, 4.69) is 44.4 Å². The Morgan fingerprint density at radius 2 is 2.10 bits per heavy atom. The van der Waals surface area contributed by atoms with Gasteiger partial charge in [0.15, 0.2) is 0 Å². The second kappa shape index (κ2) is 5.96. The zero-order valence-electron chi connectivity index (χ0n) is 13.0. The summed E-state index contributed by atoms with van der Waals surface area (Å²) in [7, 11) is 0. The van der Waals surface area contributed by atoms with Crippen molar-refractivity contribution in [2.24, 2.45) is 11.3 Å². The fourth-order valence-electron chi connectivity index (χ4n) is 2.28. The predicted octanol–water partition coefficient (Wildman–Crippen LogP) is 2.74. The lowest BCUT2D eigenvalue weighted by Crippen LogP contribution is -2.34. The Bertz CT molecular complexity index is 488. The van der Waals surface area contributed by atoms with Crippen molar-refractivity contribution >= 4 is 5.91 Å². The third-order valence-electron chi connectivity index (χ3n) is 4.40. The van der Waals surface area contributed by atoms with Crippen LogP contribution in [0.4, 0.5) is 0 Å². The van der Waals surface area contributed by atoms with Gasteiger partial charge in [0.1, 0.15) is 0 Å². The molecule has 1 amide bonds. The molecule has 1 aliphatic rings. The highest BCUT2D eigenvalue weighted by atomic mass is 16.1. The molecule has 1 unspecified atom stereocenters. The van der Waals surface area contributed by atoms with E-state index in [1.807, 2.05) is 12.1 Å². The molecule has 1 aromatic carbocycles. The molecule has 0 saturated carbocycles. The monoisotopic (exact) mass is 274 g/mol. The van der Waals surface area contributed by atoms with Crippen LogP contribution in [-0.2, 0) is 13.0 Å². The van der Waals surface area contributed by atoms with Gasteiger partial charge in [0, 0.05) is 18.7 Å². The number of benzene rings is 1. The number of amides is 1. The van der Waals surface area contributed by atoms with Crippen LogP contribution in [0.3, 0.4) is 0 Å². The summed E-state index contributed by atoms with van der Waals surface area (Å²) in [5.41, 5.74) is 3.61. The Hall–Kier alpha value is -1.35. The second-order valence-corrected chi connectivity index (χ2v) is 6.89. The molecule has 0 spiro atoms. The van der Waals surface area contributed by atoms with Gasteiger partial charge < -0.3 is 10.6 Å². The van der Waals surface area contributed by atoms with Crippen molar-refractivity contribution in [3.05, 3.63) is 34.9 Å². The minimum Gasteiger partial charge on any atom is -0.352 e. The van der Waals surface area contributed by atoms with Crippen LogP contribution in [-0.4, -0.2) is 19.0 Å². The highest BCUT2D eigenvalue weighted by Crippen LogP contribution is 2.24. The number of carbonyl (C=O) groups is 1. The van der Waals surface area contributed by atoms with Crippen LogP contribution < -0.4 is 10.6 Å². The van der Waals surface area contributed by atoms with Crippen molar-refractivity contribution < 1.29 is 4.79 Å². The van der Waals surface area contributed by atoms with E-state index < -0.39 is 0 Å². The largest absolute Gasteiger partial charge is 0.352 e. The van der Waals surface area contributed by atoms with Gasteiger partial charge in [-0.25, -0.2) is 0 Å². The lowest BCUT2D eigenvalue weighted by atomic mass is 9.82. The van der Waals surface area contributed by atoms with Crippen molar-refractivity contribution in [2.45, 2.75) is 40.7 Å². The van der Waals surface area contributed by atoms with Gasteiger partial charge in [-0.3, -0.25) is 4.79 Å². The molecule has 1 aliphatic heterocycles. The summed E-state index contributed by atoms with van der Waals surface area (Å²) in [5, 5.41) is 6.40. The Balaban J connectivity index is 1.99. The number of carbonyl (C=O) groups excluding carboxylic acids is 1. The Kier molecular flexibility index (Phi) is 4.48. The zero-order chi connectivity index (χ0) is 14.8. The van der Waals surface area contributed by atoms with Gasteiger partial charge in [0.05, 0.1) is 0 Å². The average Bonchev–Trinajstić information content (AvgIpc) is 2.42.